The zero-order chi connectivity index (χ0) is 26.0. The lowest BCUT2D eigenvalue weighted by Gasteiger charge is -2.20. The summed E-state index contributed by atoms with van der Waals surface area (Å²) in [5.74, 6) is -0.0982. The van der Waals surface area contributed by atoms with Crippen molar-refractivity contribution in [2.75, 3.05) is 18.5 Å². The molecule has 4 nitrogen and oxygen atoms in total. The van der Waals surface area contributed by atoms with Crippen LogP contribution >= 0.6 is 0 Å². The Morgan fingerprint density at radius 2 is 1.58 bits per heavy atom. The van der Waals surface area contributed by atoms with Crippen LogP contribution in [0.4, 0.5) is 5.69 Å². The number of rotatable bonds is 12. The number of fused-ring (bicyclic) bond motifs is 1. The number of esters is 1. The van der Waals surface area contributed by atoms with E-state index < -0.39 is 5.60 Å². The maximum Gasteiger partial charge on any atom is 0.306 e. The summed E-state index contributed by atoms with van der Waals surface area (Å²) in [6.07, 6.45) is 14.6. The fourth-order valence-corrected chi connectivity index (χ4v) is 4.17. The highest BCUT2D eigenvalue weighted by Gasteiger charge is 2.15. The summed E-state index contributed by atoms with van der Waals surface area (Å²) in [7, 11) is 2.14. The lowest BCUT2D eigenvalue weighted by Crippen LogP contribution is -2.32. The van der Waals surface area contributed by atoms with Gasteiger partial charge in [-0.05, 0) is 73.7 Å². The van der Waals surface area contributed by atoms with Crippen LogP contribution in [0.3, 0.4) is 0 Å². The summed E-state index contributed by atoms with van der Waals surface area (Å²) in [6.45, 7) is 10.0. The average Bonchev–Trinajstić information content (AvgIpc) is 2.85. The fourth-order valence-electron chi connectivity index (χ4n) is 4.17. The Hall–Kier alpha value is -3.14. The minimum atomic E-state index is -0.399. The van der Waals surface area contributed by atoms with Gasteiger partial charge in [-0.3, -0.25) is 4.79 Å². The van der Waals surface area contributed by atoms with Crippen LogP contribution in [-0.2, 0) is 16.1 Å². The molecule has 3 aromatic rings. The Labute approximate surface area is 217 Å². The molecule has 0 amide bonds. The second-order valence-electron chi connectivity index (χ2n) is 10.7. The zero-order valence-electron chi connectivity index (χ0n) is 22.8. The third-order valence-electron chi connectivity index (χ3n) is 6.24. The van der Waals surface area contributed by atoms with Crippen molar-refractivity contribution >= 4 is 34.6 Å². The number of carbonyl (C=O) groups excluding carboxylic acids is 1. The van der Waals surface area contributed by atoms with Crippen LogP contribution in [0.2, 0.25) is 0 Å². The number of nitrogens with zero attached hydrogens (tertiary/aromatic N) is 2. The summed E-state index contributed by atoms with van der Waals surface area (Å²) in [5.41, 5.74) is 3.24. The van der Waals surface area contributed by atoms with Crippen molar-refractivity contribution in [3.05, 3.63) is 72.1 Å². The molecular formula is C32H43N2O2+. The minimum Gasteiger partial charge on any atom is -0.460 e. The van der Waals surface area contributed by atoms with E-state index in [1.54, 1.807) is 0 Å². The van der Waals surface area contributed by atoms with E-state index in [-0.39, 0.29) is 5.97 Å². The first-order chi connectivity index (χ1) is 17.2. The van der Waals surface area contributed by atoms with Gasteiger partial charge in [-0.1, -0.05) is 50.1 Å². The van der Waals surface area contributed by atoms with Crippen LogP contribution < -0.4 is 9.47 Å². The fraction of sp³-hybridized carbons (Fsp3) is 0.438. The Balaban J connectivity index is 1.50. The number of unbranched alkanes of at least 4 members (excludes halogenated alkanes) is 3. The molecule has 0 bridgehead atoms. The van der Waals surface area contributed by atoms with E-state index in [0.29, 0.717) is 6.42 Å². The van der Waals surface area contributed by atoms with Gasteiger partial charge in [-0.25, -0.2) is 4.57 Å². The van der Waals surface area contributed by atoms with Crippen LogP contribution in [-0.4, -0.2) is 25.2 Å². The molecule has 4 heteroatoms. The van der Waals surface area contributed by atoms with Gasteiger partial charge in [-0.2, -0.15) is 0 Å². The summed E-state index contributed by atoms with van der Waals surface area (Å²) in [6, 6.07) is 17.6. The van der Waals surface area contributed by atoms with Crippen molar-refractivity contribution in [3.8, 4) is 0 Å². The quantitative estimate of drug-likeness (QED) is 0.151. The van der Waals surface area contributed by atoms with E-state index in [2.05, 4.69) is 96.5 Å². The number of benzene rings is 2. The minimum absolute atomic E-state index is 0.0982. The van der Waals surface area contributed by atoms with Crippen molar-refractivity contribution < 1.29 is 14.1 Å². The number of hydrogen-bond acceptors (Lipinski definition) is 3. The van der Waals surface area contributed by atoms with Crippen LogP contribution in [0.25, 0.3) is 22.9 Å². The third-order valence-corrected chi connectivity index (χ3v) is 6.24. The molecule has 3 rings (SSSR count). The van der Waals surface area contributed by atoms with Gasteiger partial charge < -0.3 is 9.64 Å². The monoisotopic (exact) mass is 487 g/mol. The van der Waals surface area contributed by atoms with E-state index in [9.17, 15) is 4.79 Å². The van der Waals surface area contributed by atoms with Crippen molar-refractivity contribution in [3.63, 3.8) is 0 Å². The predicted octanol–water partition coefficient (Wildman–Crippen LogP) is 7.44. The summed E-state index contributed by atoms with van der Waals surface area (Å²) in [5, 5.41) is 2.50. The molecule has 0 N–H and O–H groups in total. The first kappa shape index (κ1) is 27.4. The molecule has 0 unspecified atom stereocenters. The van der Waals surface area contributed by atoms with E-state index in [1.807, 2.05) is 20.8 Å². The SMILES string of the molecule is CCCC[n+]1ccc(/C=C/c2ccc3cc(N(C)CCCCCC(=O)OC(C)(C)C)ccc3c2)cc1. The van der Waals surface area contributed by atoms with Gasteiger partial charge in [0.25, 0.3) is 0 Å². The number of aryl methyl sites for hydroxylation is 1. The molecule has 0 fully saturated rings. The lowest BCUT2D eigenvalue weighted by molar-refractivity contribution is -0.697. The number of anilines is 1. The molecule has 1 heterocycles. The van der Waals surface area contributed by atoms with Gasteiger partial charge >= 0.3 is 5.97 Å². The first-order valence-electron chi connectivity index (χ1n) is 13.4. The van der Waals surface area contributed by atoms with Crippen molar-refractivity contribution in [2.45, 2.75) is 78.4 Å². The smallest absolute Gasteiger partial charge is 0.306 e. The topological polar surface area (TPSA) is 33.4 Å². The summed E-state index contributed by atoms with van der Waals surface area (Å²) in [4.78, 5) is 14.1. The standard InChI is InChI=1S/C32H43N2O2/c1-6-7-21-34-22-18-26(19-23-34)12-13-27-14-15-29-25-30(17-16-28(29)24-27)33(5)20-10-8-9-11-31(35)36-32(2,3)4/h12-19,22-25H,6-11,20-21H2,1-5H3/q+1. The van der Waals surface area contributed by atoms with E-state index in [1.165, 1.54) is 40.4 Å². The Kier molecular flexibility index (Phi) is 10.1. The number of hydrogen-bond donors (Lipinski definition) is 0. The summed E-state index contributed by atoms with van der Waals surface area (Å²) < 4.78 is 7.63. The molecule has 0 spiro atoms. The van der Waals surface area contributed by atoms with E-state index in [4.69, 9.17) is 4.74 Å². The average molecular weight is 488 g/mol. The molecule has 1 aromatic heterocycles. The third kappa shape index (κ3) is 9.14. The molecule has 0 aliphatic carbocycles. The van der Waals surface area contributed by atoms with Crippen molar-refractivity contribution in [1.82, 2.24) is 0 Å². The van der Waals surface area contributed by atoms with Crippen molar-refractivity contribution in [1.29, 1.82) is 0 Å². The van der Waals surface area contributed by atoms with Gasteiger partial charge in [0.05, 0.1) is 0 Å². The van der Waals surface area contributed by atoms with Gasteiger partial charge in [0, 0.05) is 44.3 Å². The van der Waals surface area contributed by atoms with E-state index >= 15 is 0 Å². The number of ether oxygens (including phenoxy) is 1. The molecule has 0 saturated carbocycles. The molecule has 0 atom stereocenters. The molecule has 0 aliphatic rings. The highest BCUT2D eigenvalue weighted by molar-refractivity contribution is 5.88. The molecule has 36 heavy (non-hydrogen) atoms. The zero-order valence-corrected chi connectivity index (χ0v) is 22.8. The van der Waals surface area contributed by atoms with Crippen LogP contribution in [0.5, 0.6) is 0 Å². The van der Waals surface area contributed by atoms with Crippen LogP contribution in [0.15, 0.2) is 60.9 Å². The molecule has 2 aromatic carbocycles. The lowest BCUT2D eigenvalue weighted by atomic mass is 10.0. The first-order valence-corrected chi connectivity index (χ1v) is 13.4. The van der Waals surface area contributed by atoms with E-state index in [0.717, 1.165) is 32.4 Å². The van der Waals surface area contributed by atoms with Crippen LogP contribution in [0.1, 0.15) is 77.3 Å². The maximum atomic E-state index is 11.8. The molecule has 192 valence electrons. The Bertz CT molecular complexity index is 1140. The second-order valence-corrected chi connectivity index (χ2v) is 10.7. The highest BCUT2D eigenvalue weighted by atomic mass is 16.6. The Morgan fingerprint density at radius 3 is 2.31 bits per heavy atom. The number of carbonyl (C=O) groups is 1. The van der Waals surface area contributed by atoms with Crippen molar-refractivity contribution in [2.24, 2.45) is 0 Å². The maximum absolute atomic E-state index is 11.8. The molecular weight excluding hydrogens is 444 g/mol. The van der Waals surface area contributed by atoms with Crippen LogP contribution in [0, 0.1) is 0 Å². The molecule has 0 aliphatic heterocycles. The van der Waals surface area contributed by atoms with Gasteiger partial charge in [0.15, 0.2) is 12.4 Å². The normalized spacial score (nSPS) is 11.8. The number of pyridine rings is 1. The second kappa shape index (κ2) is 13.2. The largest absolute Gasteiger partial charge is 0.460 e. The molecule has 0 radical (unpaired) electrons. The number of aromatic nitrogens is 1. The van der Waals surface area contributed by atoms with Gasteiger partial charge in [-0.15, -0.1) is 0 Å². The predicted molar refractivity (Wildman–Crippen MR) is 152 cm³/mol. The highest BCUT2D eigenvalue weighted by Crippen LogP contribution is 2.24. The Morgan fingerprint density at radius 1 is 0.889 bits per heavy atom. The summed E-state index contributed by atoms with van der Waals surface area (Å²) >= 11 is 0. The van der Waals surface area contributed by atoms with Gasteiger partial charge in [0.1, 0.15) is 12.1 Å². The van der Waals surface area contributed by atoms with Gasteiger partial charge in [0.2, 0.25) is 0 Å². The molecule has 0 saturated heterocycles.